The van der Waals surface area contributed by atoms with Gasteiger partial charge in [-0.15, -0.1) is 5.10 Å². The Kier molecular flexibility index (Phi) is 6.38. The minimum Gasteiger partial charge on any atom is -0.471 e. The Balaban J connectivity index is 3.09. The van der Waals surface area contributed by atoms with Crippen LogP contribution in [-0.4, -0.2) is 35.4 Å². The standard InChI is InChI=1S/C14H24N4O2/c1-5-10-11(6-2)17-18-14(12(10)13(15)16)20-9(4)8-19-7-3/h9H,5-8H2,1-4H3,(H3,15,16). The van der Waals surface area contributed by atoms with Crippen LogP contribution in [0.25, 0.3) is 0 Å². The number of hydrogen-bond acceptors (Lipinski definition) is 5. The summed E-state index contributed by atoms with van der Waals surface area (Å²) in [6.45, 7) is 8.93. The van der Waals surface area contributed by atoms with Crippen molar-refractivity contribution in [2.24, 2.45) is 5.73 Å². The fourth-order valence-electron chi connectivity index (χ4n) is 2.02. The Morgan fingerprint density at radius 2 is 1.95 bits per heavy atom. The van der Waals surface area contributed by atoms with E-state index in [2.05, 4.69) is 10.2 Å². The molecule has 1 heterocycles. The molecule has 0 saturated heterocycles. The maximum Gasteiger partial charge on any atom is 0.245 e. The number of amidine groups is 1. The number of nitrogens with zero attached hydrogens (tertiary/aromatic N) is 2. The van der Waals surface area contributed by atoms with Crippen LogP contribution in [0.1, 0.15) is 44.5 Å². The van der Waals surface area contributed by atoms with E-state index in [-0.39, 0.29) is 11.9 Å². The normalized spacial score (nSPS) is 12.2. The van der Waals surface area contributed by atoms with Crippen LogP contribution in [0.5, 0.6) is 5.88 Å². The first-order valence-corrected chi connectivity index (χ1v) is 7.02. The van der Waals surface area contributed by atoms with Crippen LogP contribution < -0.4 is 10.5 Å². The van der Waals surface area contributed by atoms with Gasteiger partial charge in [-0.1, -0.05) is 13.8 Å². The molecule has 0 fully saturated rings. The van der Waals surface area contributed by atoms with Gasteiger partial charge in [0, 0.05) is 6.61 Å². The lowest BCUT2D eigenvalue weighted by molar-refractivity contribution is 0.0626. The van der Waals surface area contributed by atoms with Crippen LogP contribution in [0.2, 0.25) is 0 Å². The molecular formula is C14H24N4O2. The molecular weight excluding hydrogens is 256 g/mol. The summed E-state index contributed by atoms with van der Waals surface area (Å²) in [5.74, 6) is 0.281. The predicted molar refractivity (Wildman–Crippen MR) is 78.4 cm³/mol. The van der Waals surface area contributed by atoms with E-state index in [4.69, 9.17) is 20.6 Å². The third kappa shape index (κ3) is 3.90. The van der Waals surface area contributed by atoms with Crippen LogP contribution in [0, 0.1) is 5.41 Å². The maximum absolute atomic E-state index is 7.77. The van der Waals surface area contributed by atoms with Gasteiger partial charge in [0.15, 0.2) is 0 Å². The Morgan fingerprint density at radius 1 is 1.25 bits per heavy atom. The van der Waals surface area contributed by atoms with Gasteiger partial charge in [0.25, 0.3) is 0 Å². The van der Waals surface area contributed by atoms with Gasteiger partial charge in [0.1, 0.15) is 11.9 Å². The number of ether oxygens (including phenoxy) is 2. The van der Waals surface area contributed by atoms with E-state index in [0.29, 0.717) is 24.7 Å². The van der Waals surface area contributed by atoms with Crippen LogP contribution in [0.15, 0.2) is 0 Å². The third-order valence-electron chi connectivity index (χ3n) is 2.95. The van der Waals surface area contributed by atoms with E-state index in [1.54, 1.807) is 0 Å². The number of nitrogens with two attached hydrogens (primary N) is 1. The van der Waals surface area contributed by atoms with Crippen molar-refractivity contribution >= 4 is 5.84 Å². The SMILES string of the molecule is CCOCC(C)Oc1nnc(CC)c(CC)c1C(=N)N. The molecule has 0 saturated carbocycles. The largest absolute Gasteiger partial charge is 0.471 e. The van der Waals surface area contributed by atoms with Crippen molar-refractivity contribution in [1.29, 1.82) is 5.41 Å². The molecule has 0 bridgehead atoms. The van der Waals surface area contributed by atoms with Gasteiger partial charge in [-0.25, -0.2) is 0 Å². The summed E-state index contributed by atoms with van der Waals surface area (Å²) in [4.78, 5) is 0. The van der Waals surface area contributed by atoms with E-state index in [9.17, 15) is 0 Å². The molecule has 1 aromatic heterocycles. The first-order chi connectivity index (χ1) is 9.54. The zero-order chi connectivity index (χ0) is 15.1. The van der Waals surface area contributed by atoms with E-state index in [0.717, 1.165) is 24.1 Å². The first kappa shape index (κ1) is 16.4. The van der Waals surface area contributed by atoms with Gasteiger partial charge in [-0.3, -0.25) is 5.41 Å². The number of nitrogens with one attached hydrogen (secondary N) is 1. The Morgan fingerprint density at radius 3 is 2.45 bits per heavy atom. The van der Waals surface area contributed by atoms with Gasteiger partial charge in [-0.2, -0.15) is 5.10 Å². The molecule has 0 radical (unpaired) electrons. The molecule has 1 atom stereocenters. The summed E-state index contributed by atoms with van der Waals surface area (Å²) in [5, 5.41) is 16.0. The lowest BCUT2D eigenvalue weighted by Gasteiger charge is -2.18. The predicted octanol–water partition coefficient (Wildman–Crippen LogP) is 1.69. The lowest BCUT2D eigenvalue weighted by atomic mass is 10.0. The minimum absolute atomic E-state index is 0.0370. The molecule has 1 unspecified atom stereocenters. The van der Waals surface area contributed by atoms with Crippen molar-refractivity contribution < 1.29 is 9.47 Å². The Hall–Kier alpha value is -1.69. The molecule has 0 amide bonds. The number of aryl methyl sites for hydroxylation is 1. The zero-order valence-electron chi connectivity index (χ0n) is 12.7. The van der Waals surface area contributed by atoms with Gasteiger partial charge in [-0.05, 0) is 32.3 Å². The van der Waals surface area contributed by atoms with Crippen molar-refractivity contribution in [1.82, 2.24) is 10.2 Å². The van der Waals surface area contributed by atoms with E-state index < -0.39 is 0 Å². The topological polar surface area (TPSA) is 94.1 Å². The quantitative estimate of drug-likeness (QED) is 0.558. The van der Waals surface area contributed by atoms with E-state index in [1.807, 2.05) is 27.7 Å². The minimum atomic E-state index is -0.167. The molecule has 112 valence electrons. The zero-order valence-corrected chi connectivity index (χ0v) is 12.7. The summed E-state index contributed by atoms with van der Waals surface area (Å²) in [5.41, 5.74) is 8.05. The second-order valence-corrected chi connectivity index (χ2v) is 4.51. The molecule has 0 spiro atoms. The lowest BCUT2D eigenvalue weighted by Crippen LogP contribution is -2.24. The molecule has 3 N–H and O–H groups in total. The molecule has 1 rings (SSSR count). The van der Waals surface area contributed by atoms with Crippen LogP contribution >= 0.6 is 0 Å². The van der Waals surface area contributed by atoms with Gasteiger partial charge < -0.3 is 15.2 Å². The van der Waals surface area contributed by atoms with Gasteiger partial charge >= 0.3 is 0 Å². The monoisotopic (exact) mass is 280 g/mol. The van der Waals surface area contributed by atoms with E-state index in [1.165, 1.54) is 0 Å². The number of hydrogen-bond donors (Lipinski definition) is 2. The average Bonchev–Trinajstić information content (AvgIpc) is 2.43. The molecule has 0 aliphatic rings. The maximum atomic E-state index is 7.77. The smallest absolute Gasteiger partial charge is 0.245 e. The van der Waals surface area contributed by atoms with Gasteiger partial charge in [0.05, 0.1) is 17.9 Å². The van der Waals surface area contributed by atoms with Crippen LogP contribution in [0.3, 0.4) is 0 Å². The Bertz CT molecular complexity index is 463. The van der Waals surface area contributed by atoms with E-state index >= 15 is 0 Å². The first-order valence-electron chi connectivity index (χ1n) is 7.02. The third-order valence-corrected chi connectivity index (χ3v) is 2.95. The second-order valence-electron chi connectivity index (χ2n) is 4.51. The highest BCUT2D eigenvalue weighted by Gasteiger charge is 2.19. The molecule has 0 aliphatic carbocycles. The van der Waals surface area contributed by atoms with Crippen molar-refractivity contribution in [2.45, 2.75) is 46.6 Å². The van der Waals surface area contributed by atoms with Crippen LogP contribution in [0.4, 0.5) is 0 Å². The van der Waals surface area contributed by atoms with Crippen molar-refractivity contribution in [2.75, 3.05) is 13.2 Å². The molecule has 1 aromatic rings. The molecule has 6 heteroatoms. The van der Waals surface area contributed by atoms with Crippen LogP contribution in [-0.2, 0) is 17.6 Å². The highest BCUT2D eigenvalue weighted by molar-refractivity contribution is 5.98. The number of aromatic nitrogens is 2. The summed E-state index contributed by atoms with van der Waals surface area (Å²) in [7, 11) is 0. The second kappa shape index (κ2) is 7.79. The van der Waals surface area contributed by atoms with Gasteiger partial charge in [0.2, 0.25) is 5.88 Å². The molecule has 6 nitrogen and oxygen atoms in total. The highest BCUT2D eigenvalue weighted by atomic mass is 16.5. The molecule has 0 aromatic carbocycles. The number of rotatable bonds is 8. The summed E-state index contributed by atoms with van der Waals surface area (Å²) in [6, 6.07) is 0. The number of nitrogen functional groups attached to an aromatic ring is 1. The summed E-state index contributed by atoms with van der Waals surface area (Å²) in [6.07, 6.45) is 1.33. The summed E-state index contributed by atoms with van der Waals surface area (Å²) < 4.78 is 11.0. The summed E-state index contributed by atoms with van der Waals surface area (Å²) >= 11 is 0. The average molecular weight is 280 g/mol. The Labute approximate surface area is 120 Å². The molecule has 20 heavy (non-hydrogen) atoms. The van der Waals surface area contributed by atoms with Crippen molar-refractivity contribution in [3.63, 3.8) is 0 Å². The fourth-order valence-corrected chi connectivity index (χ4v) is 2.02. The molecule has 0 aliphatic heterocycles. The van der Waals surface area contributed by atoms with Crippen molar-refractivity contribution in [3.8, 4) is 5.88 Å². The van der Waals surface area contributed by atoms with Crippen molar-refractivity contribution in [3.05, 3.63) is 16.8 Å². The fraction of sp³-hybridized carbons (Fsp3) is 0.643. The highest BCUT2D eigenvalue weighted by Crippen LogP contribution is 2.23.